The maximum absolute atomic E-state index is 12.4. The molecule has 5 heteroatoms. The zero-order valence-electron chi connectivity index (χ0n) is 12.1. The zero-order valence-corrected chi connectivity index (χ0v) is 12.1. The molecule has 0 bridgehead atoms. The summed E-state index contributed by atoms with van der Waals surface area (Å²) in [6.45, 7) is 7.27. The SMILES string of the molecule is CC(C)(C)CC(CN)COc1ccc(C(F)(F)F)cc1. The van der Waals surface area contributed by atoms with Crippen molar-refractivity contribution in [1.29, 1.82) is 0 Å². The minimum atomic E-state index is -4.31. The van der Waals surface area contributed by atoms with Crippen LogP contribution in [0.2, 0.25) is 0 Å². The van der Waals surface area contributed by atoms with Gasteiger partial charge in [0.15, 0.2) is 0 Å². The number of halogens is 3. The van der Waals surface area contributed by atoms with Crippen LogP contribution in [0.5, 0.6) is 5.75 Å². The molecular weight excluding hydrogens is 267 g/mol. The van der Waals surface area contributed by atoms with Crippen LogP contribution in [0.3, 0.4) is 0 Å². The summed E-state index contributed by atoms with van der Waals surface area (Å²) in [6.07, 6.45) is -3.41. The van der Waals surface area contributed by atoms with Crippen molar-refractivity contribution in [2.45, 2.75) is 33.4 Å². The number of nitrogens with two attached hydrogens (primary N) is 1. The lowest BCUT2D eigenvalue weighted by Crippen LogP contribution is -2.26. The molecule has 2 nitrogen and oxygen atoms in total. The van der Waals surface area contributed by atoms with Gasteiger partial charge in [0.2, 0.25) is 0 Å². The maximum atomic E-state index is 12.4. The molecule has 0 radical (unpaired) electrons. The van der Waals surface area contributed by atoms with Crippen molar-refractivity contribution in [3.05, 3.63) is 29.8 Å². The molecule has 1 aromatic carbocycles. The highest BCUT2D eigenvalue weighted by Gasteiger charge is 2.30. The minimum Gasteiger partial charge on any atom is -0.493 e. The average Bonchev–Trinajstić information content (AvgIpc) is 2.32. The smallest absolute Gasteiger partial charge is 0.416 e. The van der Waals surface area contributed by atoms with Gasteiger partial charge >= 0.3 is 6.18 Å². The first kappa shape index (κ1) is 16.8. The summed E-state index contributed by atoms with van der Waals surface area (Å²) in [5.41, 5.74) is 5.17. The Kier molecular flexibility index (Phi) is 5.45. The molecule has 20 heavy (non-hydrogen) atoms. The topological polar surface area (TPSA) is 35.2 Å². The number of alkyl halides is 3. The molecule has 0 aliphatic carbocycles. The van der Waals surface area contributed by atoms with Gasteiger partial charge in [-0.3, -0.25) is 0 Å². The highest BCUT2D eigenvalue weighted by molar-refractivity contribution is 5.28. The molecule has 2 N–H and O–H groups in total. The van der Waals surface area contributed by atoms with Crippen LogP contribution in [0, 0.1) is 11.3 Å². The molecule has 1 unspecified atom stereocenters. The molecule has 0 saturated carbocycles. The maximum Gasteiger partial charge on any atom is 0.416 e. The van der Waals surface area contributed by atoms with Gasteiger partial charge in [-0.1, -0.05) is 20.8 Å². The summed E-state index contributed by atoms with van der Waals surface area (Å²) in [5, 5.41) is 0. The highest BCUT2D eigenvalue weighted by atomic mass is 19.4. The number of rotatable bonds is 5. The van der Waals surface area contributed by atoms with Gasteiger partial charge < -0.3 is 10.5 Å². The molecule has 114 valence electrons. The second-order valence-corrected chi connectivity index (χ2v) is 6.20. The van der Waals surface area contributed by atoms with E-state index >= 15 is 0 Å². The summed E-state index contributed by atoms with van der Waals surface area (Å²) in [6, 6.07) is 4.73. The van der Waals surface area contributed by atoms with E-state index in [0.29, 0.717) is 18.9 Å². The van der Waals surface area contributed by atoms with E-state index in [2.05, 4.69) is 20.8 Å². The third-order valence-corrected chi connectivity index (χ3v) is 2.90. The zero-order chi connectivity index (χ0) is 15.4. The van der Waals surface area contributed by atoms with Gasteiger partial charge in [0.25, 0.3) is 0 Å². The van der Waals surface area contributed by atoms with Gasteiger partial charge in [-0.05, 0) is 42.6 Å². The van der Waals surface area contributed by atoms with Crippen LogP contribution in [0.25, 0.3) is 0 Å². The number of benzene rings is 1. The lowest BCUT2D eigenvalue weighted by atomic mass is 9.85. The van der Waals surface area contributed by atoms with Crippen molar-refractivity contribution in [1.82, 2.24) is 0 Å². The molecule has 0 fully saturated rings. The van der Waals surface area contributed by atoms with E-state index < -0.39 is 11.7 Å². The molecule has 0 aliphatic heterocycles. The Morgan fingerprint density at radius 1 is 1.10 bits per heavy atom. The minimum absolute atomic E-state index is 0.146. The van der Waals surface area contributed by atoms with Gasteiger partial charge in [-0.2, -0.15) is 13.2 Å². The summed E-state index contributed by atoms with van der Waals surface area (Å²) in [4.78, 5) is 0. The van der Waals surface area contributed by atoms with E-state index in [1.54, 1.807) is 0 Å². The lowest BCUT2D eigenvalue weighted by Gasteiger charge is -2.25. The van der Waals surface area contributed by atoms with Crippen LogP contribution in [-0.2, 0) is 6.18 Å². The Bertz CT molecular complexity index is 407. The monoisotopic (exact) mass is 289 g/mol. The van der Waals surface area contributed by atoms with Gasteiger partial charge in [0, 0.05) is 5.92 Å². The predicted octanol–water partition coefficient (Wildman–Crippen LogP) is 4.10. The lowest BCUT2D eigenvalue weighted by molar-refractivity contribution is -0.137. The Morgan fingerprint density at radius 2 is 1.65 bits per heavy atom. The van der Waals surface area contributed by atoms with Crippen molar-refractivity contribution in [3.63, 3.8) is 0 Å². The summed E-state index contributed by atoms with van der Waals surface area (Å²) in [5.74, 6) is 0.627. The van der Waals surface area contributed by atoms with Crippen molar-refractivity contribution >= 4 is 0 Å². The van der Waals surface area contributed by atoms with Crippen molar-refractivity contribution in [2.75, 3.05) is 13.2 Å². The van der Waals surface area contributed by atoms with E-state index in [1.165, 1.54) is 12.1 Å². The van der Waals surface area contributed by atoms with Crippen molar-refractivity contribution < 1.29 is 17.9 Å². The molecule has 1 rings (SSSR count). The van der Waals surface area contributed by atoms with Gasteiger partial charge in [-0.15, -0.1) is 0 Å². The molecule has 0 amide bonds. The van der Waals surface area contributed by atoms with Gasteiger partial charge in [-0.25, -0.2) is 0 Å². The normalized spacial score (nSPS) is 14.2. The van der Waals surface area contributed by atoms with E-state index in [9.17, 15) is 13.2 Å². The third kappa shape index (κ3) is 5.82. The van der Waals surface area contributed by atoms with E-state index in [1.807, 2.05) is 0 Å². The third-order valence-electron chi connectivity index (χ3n) is 2.90. The molecule has 0 aromatic heterocycles. The van der Waals surface area contributed by atoms with Crippen molar-refractivity contribution in [2.24, 2.45) is 17.1 Å². The fourth-order valence-corrected chi connectivity index (χ4v) is 2.03. The molecule has 1 aromatic rings. The molecule has 0 aliphatic rings. The first-order chi connectivity index (χ1) is 9.12. The fraction of sp³-hybridized carbons (Fsp3) is 0.600. The second-order valence-electron chi connectivity index (χ2n) is 6.20. The predicted molar refractivity (Wildman–Crippen MR) is 73.6 cm³/mol. The highest BCUT2D eigenvalue weighted by Crippen LogP contribution is 2.30. The first-order valence-corrected chi connectivity index (χ1v) is 6.62. The quantitative estimate of drug-likeness (QED) is 0.886. The fourth-order valence-electron chi connectivity index (χ4n) is 2.03. The molecule has 0 spiro atoms. The van der Waals surface area contributed by atoms with Crippen LogP contribution in [0.1, 0.15) is 32.8 Å². The van der Waals surface area contributed by atoms with Crippen LogP contribution < -0.4 is 10.5 Å². The van der Waals surface area contributed by atoms with Crippen LogP contribution in [-0.4, -0.2) is 13.2 Å². The van der Waals surface area contributed by atoms with Gasteiger partial charge in [0.05, 0.1) is 12.2 Å². The molecule has 0 saturated heterocycles. The summed E-state index contributed by atoms with van der Waals surface area (Å²) in [7, 11) is 0. The standard InChI is InChI=1S/C15H22F3NO/c1-14(2,3)8-11(9-19)10-20-13-6-4-12(5-7-13)15(16,17)18/h4-7,11H,8-10,19H2,1-3H3. The molecule has 1 atom stereocenters. The number of hydrogen-bond acceptors (Lipinski definition) is 2. The number of hydrogen-bond donors (Lipinski definition) is 1. The van der Waals surface area contributed by atoms with E-state index in [0.717, 1.165) is 18.6 Å². The van der Waals surface area contributed by atoms with Crippen molar-refractivity contribution in [3.8, 4) is 5.75 Å². The number of ether oxygens (including phenoxy) is 1. The van der Waals surface area contributed by atoms with E-state index in [-0.39, 0.29) is 11.3 Å². The second kappa shape index (κ2) is 6.48. The Labute approximate surface area is 118 Å². The first-order valence-electron chi connectivity index (χ1n) is 6.62. The van der Waals surface area contributed by atoms with E-state index in [4.69, 9.17) is 10.5 Å². The Balaban J connectivity index is 2.57. The summed E-state index contributed by atoms with van der Waals surface area (Å²) < 4.78 is 42.8. The summed E-state index contributed by atoms with van der Waals surface area (Å²) >= 11 is 0. The molecular formula is C15H22F3NO. The largest absolute Gasteiger partial charge is 0.493 e. The Morgan fingerprint density at radius 3 is 2.05 bits per heavy atom. The Hall–Kier alpha value is -1.23. The average molecular weight is 289 g/mol. The van der Waals surface area contributed by atoms with Crippen LogP contribution >= 0.6 is 0 Å². The molecule has 0 heterocycles. The van der Waals surface area contributed by atoms with Gasteiger partial charge in [0.1, 0.15) is 5.75 Å². The van der Waals surface area contributed by atoms with Crippen LogP contribution in [0.15, 0.2) is 24.3 Å². The van der Waals surface area contributed by atoms with Crippen LogP contribution in [0.4, 0.5) is 13.2 Å².